The van der Waals surface area contributed by atoms with Gasteiger partial charge in [-0.3, -0.25) is 4.98 Å². The van der Waals surface area contributed by atoms with E-state index in [4.69, 9.17) is 42.1 Å². The molecule has 1 heterocycles. The molecule has 0 spiro atoms. The number of carbonyl (C=O) groups is 1. The molecule has 32 heavy (non-hydrogen) atoms. The number of pyridine rings is 1. The molecule has 0 bridgehead atoms. The van der Waals surface area contributed by atoms with Crippen molar-refractivity contribution in [3.63, 3.8) is 0 Å². The molecule has 0 N–H and O–H groups in total. The Morgan fingerprint density at radius 3 is 2.22 bits per heavy atom. The molecule has 0 radical (unpaired) electrons. The Morgan fingerprint density at radius 2 is 1.59 bits per heavy atom. The minimum absolute atomic E-state index is 0.282. The molecule has 0 fully saturated rings. The molecule has 6 nitrogen and oxygen atoms in total. The van der Waals surface area contributed by atoms with Gasteiger partial charge in [0.05, 0.1) is 43.9 Å². The van der Waals surface area contributed by atoms with Crippen LogP contribution in [-0.4, -0.2) is 39.2 Å². The van der Waals surface area contributed by atoms with Crippen molar-refractivity contribution in [2.45, 2.75) is 12.3 Å². The van der Waals surface area contributed by atoms with E-state index in [1.54, 1.807) is 19.2 Å². The number of hydrogen-bond donors (Lipinski definition) is 0. The van der Waals surface area contributed by atoms with Crippen molar-refractivity contribution in [3.05, 3.63) is 75.5 Å². The lowest BCUT2D eigenvalue weighted by Gasteiger charge is -2.22. The van der Waals surface area contributed by atoms with Crippen molar-refractivity contribution < 1.29 is 23.7 Å². The lowest BCUT2D eigenvalue weighted by atomic mass is 9.92. The summed E-state index contributed by atoms with van der Waals surface area (Å²) in [6.45, 7) is 0.306. The maximum Gasteiger partial charge on any atom is 0.203 e. The molecule has 1 unspecified atom stereocenters. The number of ether oxygens (including phenoxy) is 4. The lowest BCUT2D eigenvalue weighted by molar-refractivity contribution is -0.108. The van der Waals surface area contributed by atoms with Crippen LogP contribution in [-0.2, 0) is 11.2 Å². The zero-order chi connectivity index (χ0) is 23.1. The first kappa shape index (κ1) is 23.7. The van der Waals surface area contributed by atoms with E-state index in [9.17, 15) is 4.79 Å². The number of rotatable bonds is 10. The molecule has 8 heteroatoms. The zero-order valence-electron chi connectivity index (χ0n) is 17.9. The average Bonchev–Trinajstić information content (AvgIpc) is 2.81. The van der Waals surface area contributed by atoms with Crippen molar-refractivity contribution in [3.8, 4) is 23.0 Å². The number of nitrogens with zero attached hydrogens (tertiary/aromatic N) is 1. The van der Waals surface area contributed by atoms with Crippen LogP contribution in [0.1, 0.15) is 22.6 Å². The number of methoxy groups -OCH3 is 3. The van der Waals surface area contributed by atoms with E-state index in [2.05, 4.69) is 4.98 Å². The van der Waals surface area contributed by atoms with Gasteiger partial charge in [-0.05, 0) is 17.7 Å². The van der Waals surface area contributed by atoms with E-state index < -0.39 is 5.92 Å². The van der Waals surface area contributed by atoms with E-state index in [1.807, 2.05) is 24.3 Å². The van der Waals surface area contributed by atoms with Gasteiger partial charge >= 0.3 is 0 Å². The van der Waals surface area contributed by atoms with E-state index in [-0.39, 0.29) is 10.0 Å². The number of carbonyl (C=O) groups excluding carboxylic acids is 1. The third kappa shape index (κ3) is 4.92. The number of para-hydroxylation sites is 1. The summed E-state index contributed by atoms with van der Waals surface area (Å²) in [5.41, 5.74) is 1.98. The van der Waals surface area contributed by atoms with E-state index in [1.165, 1.54) is 26.6 Å². The molecule has 1 aromatic heterocycles. The van der Waals surface area contributed by atoms with Gasteiger partial charge in [0.1, 0.15) is 12.0 Å². The van der Waals surface area contributed by atoms with Crippen molar-refractivity contribution in [2.75, 3.05) is 27.9 Å². The molecule has 3 aromatic rings. The molecule has 0 saturated heterocycles. The van der Waals surface area contributed by atoms with Gasteiger partial charge in [0, 0.05) is 29.9 Å². The Kier molecular flexibility index (Phi) is 8.20. The van der Waals surface area contributed by atoms with Gasteiger partial charge in [0.25, 0.3) is 0 Å². The molecule has 168 valence electrons. The number of halogens is 2. The van der Waals surface area contributed by atoms with Gasteiger partial charge in [-0.15, -0.1) is 0 Å². The van der Waals surface area contributed by atoms with Crippen LogP contribution >= 0.6 is 23.2 Å². The highest BCUT2D eigenvalue weighted by Crippen LogP contribution is 2.46. The highest BCUT2D eigenvalue weighted by atomic mass is 35.5. The van der Waals surface area contributed by atoms with E-state index >= 15 is 0 Å². The summed E-state index contributed by atoms with van der Waals surface area (Å²) in [4.78, 5) is 16.2. The molecule has 1 atom stereocenters. The van der Waals surface area contributed by atoms with Crippen molar-refractivity contribution >= 4 is 29.5 Å². The second-order valence-electron chi connectivity index (χ2n) is 6.76. The molecule has 2 aromatic carbocycles. The first-order valence-electron chi connectivity index (χ1n) is 9.79. The molecular formula is C24H23Cl2NO5. The predicted octanol–water partition coefficient (Wildman–Crippen LogP) is 5.37. The molecule has 0 aliphatic rings. The third-order valence-corrected chi connectivity index (χ3v) is 5.62. The first-order valence-corrected chi connectivity index (χ1v) is 10.5. The Bertz CT molecular complexity index is 1070. The molecule has 0 aliphatic carbocycles. The van der Waals surface area contributed by atoms with Crippen LogP contribution in [0.25, 0.3) is 0 Å². The highest BCUT2D eigenvalue weighted by molar-refractivity contribution is 6.36. The zero-order valence-corrected chi connectivity index (χ0v) is 19.4. The Hall–Kier alpha value is -2.96. The summed E-state index contributed by atoms with van der Waals surface area (Å²) in [7, 11) is 4.67. The maximum absolute atomic E-state index is 12.2. The summed E-state index contributed by atoms with van der Waals surface area (Å²) in [5, 5.41) is 0.564. The fraction of sp³-hybridized carbons (Fsp3) is 0.250. The molecule has 0 aliphatic heterocycles. The fourth-order valence-electron chi connectivity index (χ4n) is 3.50. The van der Waals surface area contributed by atoms with Gasteiger partial charge in [0.2, 0.25) is 5.75 Å². The van der Waals surface area contributed by atoms with Crippen LogP contribution in [0, 0.1) is 0 Å². The highest BCUT2D eigenvalue weighted by Gasteiger charge is 2.27. The van der Waals surface area contributed by atoms with Crippen molar-refractivity contribution in [1.29, 1.82) is 0 Å². The fourth-order valence-corrected chi connectivity index (χ4v) is 4.10. The minimum Gasteiger partial charge on any atom is -0.496 e. The van der Waals surface area contributed by atoms with Crippen LogP contribution < -0.4 is 18.9 Å². The van der Waals surface area contributed by atoms with E-state index in [0.717, 1.165) is 17.6 Å². The van der Waals surface area contributed by atoms with Crippen LogP contribution in [0.4, 0.5) is 0 Å². The number of hydrogen-bond acceptors (Lipinski definition) is 6. The second-order valence-corrected chi connectivity index (χ2v) is 7.57. The molecular weight excluding hydrogens is 453 g/mol. The smallest absolute Gasteiger partial charge is 0.203 e. The Balaban J connectivity index is 2.02. The van der Waals surface area contributed by atoms with Gasteiger partial charge in [-0.25, -0.2) is 0 Å². The molecule has 0 saturated carbocycles. The van der Waals surface area contributed by atoms with Gasteiger partial charge in [-0.1, -0.05) is 47.5 Å². The van der Waals surface area contributed by atoms with Crippen LogP contribution in [0.2, 0.25) is 10.0 Å². The van der Waals surface area contributed by atoms with Crippen LogP contribution in [0.5, 0.6) is 23.0 Å². The normalized spacial score (nSPS) is 11.5. The van der Waals surface area contributed by atoms with Gasteiger partial charge < -0.3 is 23.7 Å². The third-order valence-electron chi connectivity index (χ3n) is 5.01. The number of benzene rings is 2. The monoisotopic (exact) mass is 475 g/mol. The topological polar surface area (TPSA) is 66.9 Å². The predicted molar refractivity (Wildman–Crippen MR) is 124 cm³/mol. The van der Waals surface area contributed by atoms with E-state index in [0.29, 0.717) is 41.4 Å². The average molecular weight is 476 g/mol. The maximum atomic E-state index is 12.2. The number of aldehydes is 1. The van der Waals surface area contributed by atoms with Crippen LogP contribution in [0.3, 0.4) is 0 Å². The summed E-state index contributed by atoms with van der Waals surface area (Å²) in [6, 6.07) is 11.2. The van der Waals surface area contributed by atoms with Gasteiger partial charge in [0.15, 0.2) is 11.5 Å². The summed E-state index contributed by atoms with van der Waals surface area (Å²) in [6.07, 6.45) is 4.23. The standard InChI is InChI=1S/C24H23Cl2NO5/c1-29-20-7-5-4-6-15(20)10-11-32-23-16(8-9-21(30-2)24(23)31-3)17(14-28)22-18(25)12-27-13-19(22)26/h4-9,12-14,17H,10-11H2,1-3H3. The molecule has 3 rings (SSSR count). The summed E-state index contributed by atoms with van der Waals surface area (Å²) < 4.78 is 22.6. The Morgan fingerprint density at radius 1 is 0.906 bits per heavy atom. The lowest BCUT2D eigenvalue weighted by Crippen LogP contribution is -2.11. The summed E-state index contributed by atoms with van der Waals surface area (Å²) >= 11 is 12.7. The number of aromatic nitrogens is 1. The molecule has 0 amide bonds. The van der Waals surface area contributed by atoms with Crippen molar-refractivity contribution in [2.24, 2.45) is 0 Å². The van der Waals surface area contributed by atoms with Crippen molar-refractivity contribution in [1.82, 2.24) is 4.98 Å². The van der Waals surface area contributed by atoms with Crippen LogP contribution in [0.15, 0.2) is 48.8 Å². The second kappa shape index (κ2) is 11.1. The SMILES string of the molecule is COc1ccccc1CCOc1c(C(C=O)c2c(Cl)cncc2Cl)ccc(OC)c1OC. The first-order chi connectivity index (χ1) is 15.5. The van der Waals surface area contributed by atoms with Gasteiger partial charge in [-0.2, -0.15) is 0 Å². The quantitative estimate of drug-likeness (QED) is 0.367. The largest absolute Gasteiger partial charge is 0.496 e. The Labute approximate surface area is 197 Å². The summed E-state index contributed by atoms with van der Waals surface area (Å²) in [5.74, 6) is 1.20. The minimum atomic E-state index is -0.793.